The molecule has 0 saturated carbocycles. The second-order valence-electron chi connectivity index (χ2n) is 5.11. The molecule has 1 amide bonds. The number of nitrogens with zero attached hydrogens (tertiary/aromatic N) is 1. The summed E-state index contributed by atoms with van der Waals surface area (Å²) in [5.41, 5.74) is 1.67. The molecule has 22 heavy (non-hydrogen) atoms. The largest absolute Gasteiger partial charge is 0.322 e. The van der Waals surface area contributed by atoms with Gasteiger partial charge in [0.25, 0.3) is 5.91 Å². The highest BCUT2D eigenvalue weighted by molar-refractivity contribution is 7.93. The molecule has 0 aromatic heterocycles. The second kappa shape index (κ2) is 5.81. The first-order valence-electron chi connectivity index (χ1n) is 7.03. The molecule has 6 heteroatoms. The van der Waals surface area contributed by atoms with Gasteiger partial charge < -0.3 is 5.32 Å². The normalized spacial score (nSPS) is 16.5. The topological polar surface area (TPSA) is 66.5 Å². The third-order valence-electron chi connectivity index (χ3n) is 3.53. The number of nitrogens with one attached hydrogen (secondary N) is 1. The molecule has 0 unspecified atom stereocenters. The molecule has 1 aliphatic heterocycles. The predicted octanol–water partition coefficient (Wildman–Crippen LogP) is 2.48. The fourth-order valence-corrected chi connectivity index (χ4v) is 4.01. The Labute approximate surface area is 129 Å². The van der Waals surface area contributed by atoms with Crippen molar-refractivity contribution in [3.05, 3.63) is 60.2 Å². The molecule has 114 valence electrons. The van der Waals surface area contributed by atoms with E-state index in [1.54, 1.807) is 36.4 Å². The Morgan fingerprint density at radius 2 is 1.82 bits per heavy atom. The summed E-state index contributed by atoms with van der Waals surface area (Å²) >= 11 is 0. The van der Waals surface area contributed by atoms with E-state index in [4.69, 9.17) is 0 Å². The number of amides is 1. The maximum Gasteiger partial charge on any atom is 0.255 e. The molecule has 1 heterocycles. The molecular formula is C16H16N2O3S. The first-order chi connectivity index (χ1) is 10.6. The quantitative estimate of drug-likeness (QED) is 0.946. The third-order valence-corrected chi connectivity index (χ3v) is 5.40. The highest BCUT2D eigenvalue weighted by Crippen LogP contribution is 2.25. The SMILES string of the molecule is O=C(Nc1ccccc1)c1cccc(N2CCCS2(=O)=O)c1. The average molecular weight is 316 g/mol. The summed E-state index contributed by atoms with van der Waals surface area (Å²) in [5, 5.41) is 2.79. The van der Waals surface area contributed by atoms with Gasteiger partial charge in [-0.1, -0.05) is 24.3 Å². The summed E-state index contributed by atoms with van der Waals surface area (Å²) < 4.78 is 25.3. The first-order valence-corrected chi connectivity index (χ1v) is 8.64. The van der Waals surface area contributed by atoms with Gasteiger partial charge in [0, 0.05) is 17.8 Å². The molecule has 2 aromatic rings. The van der Waals surface area contributed by atoms with Crippen molar-refractivity contribution in [2.24, 2.45) is 0 Å². The van der Waals surface area contributed by atoms with Gasteiger partial charge >= 0.3 is 0 Å². The van der Waals surface area contributed by atoms with Crippen LogP contribution in [0.25, 0.3) is 0 Å². The number of hydrogen-bond donors (Lipinski definition) is 1. The molecule has 0 bridgehead atoms. The minimum absolute atomic E-state index is 0.160. The molecule has 0 atom stereocenters. The zero-order chi connectivity index (χ0) is 15.6. The first kappa shape index (κ1) is 14.6. The van der Waals surface area contributed by atoms with E-state index in [2.05, 4.69) is 5.32 Å². The third kappa shape index (κ3) is 2.96. The van der Waals surface area contributed by atoms with E-state index in [1.807, 2.05) is 18.2 Å². The highest BCUT2D eigenvalue weighted by atomic mass is 32.2. The van der Waals surface area contributed by atoms with Crippen LogP contribution >= 0.6 is 0 Å². The number of carbonyl (C=O) groups is 1. The van der Waals surface area contributed by atoms with E-state index < -0.39 is 10.0 Å². The second-order valence-corrected chi connectivity index (χ2v) is 7.13. The smallest absolute Gasteiger partial charge is 0.255 e. The van der Waals surface area contributed by atoms with Crippen LogP contribution in [0.2, 0.25) is 0 Å². The lowest BCUT2D eigenvalue weighted by Gasteiger charge is -2.17. The van der Waals surface area contributed by atoms with E-state index in [9.17, 15) is 13.2 Å². The fourth-order valence-electron chi connectivity index (χ4n) is 2.46. The minimum Gasteiger partial charge on any atom is -0.322 e. The van der Waals surface area contributed by atoms with E-state index in [-0.39, 0.29) is 11.7 Å². The van der Waals surface area contributed by atoms with Crippen LogP contribution in [0.4, 0.5) is 11.4 Å². The van der Waals surface area contributed by atoms with Gasteiger partial charge in [-0.25, -0.2) is 8.42 Å². The van der Waals surface area contributed by atoms with E-state index in [0.29, 0.717) is 29.9 Å². The van der Waals surface area contributed by atoms with Crippen molar-refractivity contribution in [2.75, 3.05) is 21.9 Å². The number of carbonyl (C=O) groups excluding carboxylic acids is 1. The van der Waals surface area contributed by atoms with Crippen LogP contribution in [0, 0.1) is 0 Å². The lowest BCUT2D eigenvalue weighted by atomic mass is 10.2. The van der Waals surface area contributed by atoms with Gasteiger partial charge in [-0.3, -0.25) is 9.10 Å². The molecule has 0 aliphatic carbocycles. The summed E-state index contributed by atoms with van der Waals surface area (Å²) in [6.45, 7) is 0.464. The number of sulfonamides is 1. The van der Waals surface area contributed by atoms with Crippen LogP contribution in [0.1, 0.15) is 16.8 Å². The summed E-state index contributed by atoms with van der Waals surface area (Å²) in [4.78, 5) is 12.3. The van der Waals surface area contributed by atoms with Gasteiger partial charge in [-0.05, 0) is 36.8 Å². The lowest BCUT2D eigenvalue weighted by molar-refractivity contribution is 0.102. The number of anilines is 2. The number of hydrogen-bond acceptors (Lipinski definition) is 3. The van der Waals surface area contributed by atoms with Crippen LogP contribution in [0.3, 0.4) is 0 Å². The molecule has 0 spiro atoms. The van der Waals surface area contributed by atoms with Crippen molar-refractivity contribution in [1.82, 2.24) is 0 Å². The fraction of sp³-hybridized carbons (Fsp3) is 0.188. The molecule has 5 nitrogen and oxygen atoms in total. The monoisotopic (exact) mass is 316 g/mol. The van der Waals surface area contributed by atoms with Crippen LogP contribution in [-0.4, -0.2) is 26.6 Å². The number of rotatable bonds is 3. The van der Waals surface area contributed by atoms with Gasteiger partial charge in [0.2, 0.25) is 10.0 Å². The molecule has 3 rings (SSSR count). The van der Waals surface area contributed by atoms with Gasteiger partial charge in [0.15, 0.2) is 0 Å². The predicted molar refractivity (Wildman–Crippen MR) is 86.6 cm³/mol. The molecule has 1 N–H and O–H groups in total. The Kier molecular flexibility index (Phi) is 3.85. The Bertz CT molecular complexity index is 788. The van der Waals surface area contributed by atoms with E-state index in [1.165, 1.54) is 4.31 Å². The Balaban J connectivity index is 1.84. The van der Waals surface area contributed by atoms with Gasteiger partial charge in [-0.2, -0.15) is 0 Å². The maximum absolute atomic E-state index is 12.3. The van der Waals surface area contributed by atoms with Gasteiger partial charge in [0.1, 0.15) is 0 Å². The lowest BCUT2D eigenvalue weighted by Crippen LogP contribution is -2.25. The molecule has 1 saturated heterocycles. The summed E-state index contributed by atoms with van der Waals surface area (Å²) in [7, 11) is -3.24. The zero-order valence-electron chi connectivity index (χ0n) is 11.9. The van der Waals surface area contributed by atoms with Crippen LogP contribution in [0.5, 0.6) is 0 Å². The molecule has 1 aliphatic rings. The average Bonchev–Trinajstić information content (AvgIpc) is 2.88. The summed E-state index contributed by atoms with van der Waals surface area (Å²) in [6, 6.07) is 15.8. The number of para-hydroxylation sites is 1. The minimum atomic E-state index is -3.24. The molecular weight excluding hydrogens is 300 g/mol. The van der Waals surface area contributed by atoms with Gasteiger partial charge in [0.05, 0.1) is 11.4 Å². The van der Waals surface area contributed by atoms with Crippen molar-refractivity contribution in [1.29, 1.82) is 0 Å². The van der Waals surface area contributed by atoms with Gasteiger partial charge in [-0.15, -0.1) is 0 Å². The summed E-state index contributed by atoms with van der Waals surface area (Å²) in [6.07, 6.45) is 0.614. The van der Waals surface area contributed by atoms with Crippen molar-refractivity contribution < 1.29 is 13.2 Å². The van der Waals surface area contributed by atoms with Crippen molar-refractivity contribution in [3.63, 3.8) is 0 Å². The van der Waals surface area contributed by atoms with Crippen molar-refractivity contribution >= 4 is 27.3 Å². The van der Waals surface area contributed by atoms with Crippen LogP contribution in [-0.2, 0) is 10.0 Å². The van der Waals surface area contributed by atoms with Crippen molar-refractivity contribution in [3.8, 4) is 0 Å². The van der Waals surface area contributed by atoms with Crippen LogP contribution < -0.4 is 9.62 Å². The molecule has 0 radical (unpaired) electrons. The molecule has 2 aromatic carbocycles. The summed E-state index contributed by atoms with van der Waals surface area (Å²) in [5.74, 6) is -0.0994. The van der Waals surface area contributed by atoms with E-state index in [0.717, 1.165) is 0 Å². The zero-order valence-corrected chi connectivity index (χ0v) is 12.7. The maximum atomic E-state index is 12.3. The van der Waals surface area contributed by atoms with Crippen molar-refractivity contribution in [2.45, 2.75) is 6.42 Å². The Morgan fingerprint density at radius 3 is 2.50 bits per heavy atom. The Hall–Kier alpha value is -2.34. The highest BCUT2D eigenvalue weighted by Gasteiger charge is 2.28. The van der Waals surface area contributed by atoms with E-state index >= 15 is 0 Å². The molecule has 1 fully saturated rings. The standard InChI is InChI=1S/C16H16N2O3S/c19-16(17-14-7-2-1-3-8-14)13-6-4-9-15(12-13)18-10-5-11-22(18,20)21/h1-4,6-9,12H,5,10-11H2,(H,17,19). The number of benzene rings is 2. The Morgan fingerprint density at radius 1 is 1.05 bits per heavy atom. The van der Waals surface area contributed by atoms with Crippen LogP contribution in [0.15, 0.2) is 54.6 Å².